The number of benzene rings is 1. The van der Waals surface area contributed by atoms with Gasteiger partial charge in [0.05, 0.1) is 13.1 Å². The first-order valence-electron chi connectivity index (χ1n) is 7.22. The average molecular weight is 336 g/mol. The first-order chi connectivity index (χ1) is 11.4. The summed E-state index contributed by atoms with van der Waals surface area (Å²) in [5.74, 6) is -2.89. The highest BCUT2D eigenvalue weighted by atomic mass is 16.4. The molecule has 0 saturated carbocycles. The predicted octanol–water partition coefficient (Wildman–Crippen LogP) is -2.01. The van der Waals surface area contributed by atoms with Crippen LogP contribution in [0.2, 0.25) is 0 Å². The number of nitrogens with two attached hydrogens (primary N) is 1. The van der Waals surface area contributed by atoms with Crippen LogP contribution in [0.4, 0.5) is 0 Å². The smallest absolute Gasteiger partial charge is 0.322 e. The Morgan fingerprint density at radius 1 is 1.00 bits per heavy atom. The fourth-order valence-electron chi connectivity index (χ4n) is 1.84. The highest BCUT2D eigenvalue weighted by molar-refractivity contribution is 5.91. The molecule has 0 aliphatic rings. The molecule has 0 heterocycles. The van der Waals surface area contributed by atoms with E-state index in [1.54, 1.807) is 24.3 Å². The summed E-state index contributed by atoms with van der Waals surface area (Å²) in [4.78, 5) is 45.4. The normalized spacial score (nSPS) is 11.2. The lowest BCUT2D eigenvalue weighted by atomic mass is 10.1. The minimum absolute atomic E-state index is 0.231. The second kappa shape index (κ2) is 9.95. The number of carbonyl (C=O) groups is 4. The van der Waals surface area contributed by atoms with Crippen LogP contribution in [-0.4, -0.2) is 54.5 Å². The van der Waals surface area contributed by atoms with Crippen molar-refractivity contribution >= 4 is 23.7 Å². The van der Waals surface area contributed by atoms with Crippen molar-refractivity contribution in [2.24, 2.45) is 5.73 Å². The summed E-state index contributed by atoms with van der Waals surface area (Å²) in [6.07, 6.45) is 0.231. The molecule has 130 valence electrons. The first kappa shape index (κ1) is 19.1. The molecule has 0 aliphatic carbocycles. The summed E-state index contributed by atoms with van der Waals surface area (Å²) < 4.78 is 0. The van der Waals surface area contributed by atoms with E-state index in [0.29, 0.717) is 0 Å². The van der Waals surface area contributed by atoms with E-state index in [0.717, 1.165) is 5.56 Å². The molecule has 0 bridgehead atoms. The van der Waals surface area contributed by atoms with Crippen molar-refractivity contribution in [2.45, 2.75) is 12.5 Å². The molecular weight excluding hydrogens is 316 g/mol. The second-order valence-corrected chi connectivity index (χ2v) is 4.90. The number of carboxylic acids is 1. The van der Waals surface area contributed by atoms with Crippen molar-refractivity contribution in [1.29, 1.82) is 0 Å². The van der Waals surface area contributed by atoms with Gasteiger partial charge in [0, 0.05) is 6.42 Å². The van der Waals surface area contributed by atoms with Crippen LogP contribution in [0.1, 0.15) is 5.56 Å². The maximum absolute atomic E-state index is 12.2. The molecule has 0 aliphatic heterocycles. The monoisotopic (exact) mass is 336 g/mol. The van der Waals surface area contributed by atoms with Gasteiger partial charge in [-0.25, -0.2) is 0 Å². The number of carboxylic acid groups (broad SMARTS) is 1. The van der Waals surface area contributed by atoms with Gasteiger partial charge in [-0.15, -0.1) is 0 Å². The van der Waals surface area contributed by atoms with Gasteiger partial charge in [0.25, 0.3) is 0 Å². The predicted molar refractivity (Wildman–Crippen MR) is 84.8 cm³/mol. The summed E-state index contributed by atoms with van der Waals surface area (Å²) in [6, 6.07) is 8.13. The van der Waals surface area contributed by atoms with Crippen molar-refractivity contribution in [3.8, 4) is 0 Å². The van der Waals surface area contributed by atoms with Gasteiger partial charge in [-0.3, -0.25) is 19.2 Å². The van der Waals surface area contributed by atoms with Crippen LogP contribution in [0.5, 0.6) is 0 Å². The zero-order valence-corrected chi connectivity index (χ0v) is 13.0. The fraction of sp³-hybridized carbons (Fsp3) is 0.333. The number of rotatable bonds is 9. The van der Waals surface area contributed by atoms with E-state index >= 15 is 0 Å². The lowest BCUT2D eigenvalue weighted by molar-refractivity contribution is -0.138. The van der Waals surface area contributed by atoms with Crippen LogP contribution in [-0.2, 0) is 25.6 Å². The minimum atomic E-state index is -1.19. The Bertz CT molecular complexity index is 591. The Hall–Kier alpha value is -2.94. The van der Waals surface area contributed by atoms with E-state index in [1.165, 1.54) is 0 Å². The Morgan fingerprint density at radius 2 is 1.67 bits per heavy atom. The van der Waals surface area contributed by atoms with Crippen LogP contribution in [0.25, 0.3) is 0 Å². The maximum Gasteiger partial charge on any atom is 0.322 e. The Morgan fingerprint density at radius 3 is 2.25 bits per heavy atom. The van der Waals surface area contributed by atoms with Crippen LogP contribution in [0, 0.1) is 0 Å². The molecule has 1 aromatic carbocycles. The van der Waals surface area contributed by atoms with Gasteiger partial charge in [0.1, 0.15) is 12.6 Å². The van der Waals surface area contributed by atoms with Gasteiger partial charge >= 0.3 is 5.97 Å². The molecule has 0 fully saturated rings. The van der Waals surface area contributed by atoms with Crippen molar-refractivity contribution in [2.75, 3.05) is 19.6 Å². The molecule has 0 unspecified atom stereocenters. The molecule has 9 nitrogen and oxygen atoms in total. The number of nitrogens with one attached hydrogen (secondary N) is 3. The molecular formula is C15H20N4O5. The maximum atomic E-state index is 12.2. The number of amides is 3. The van der Waals surface area contributed by atoms with Crippen molar-refractivity contribution < 1.29 is 24.3 Å². The van der Waals surface area contributed by atoms with E-state index in [9.17, 15) is 19.2 Å². The summed E-state index contributed by atoms with van der Waals surface area (Å²) in [5, 5.41) is 15.4. The van der Waals surface area contributed by atoms with Gasteiger partial charge in [-0.05, 0) is 5.56 Å². The number of hydrogen-bond acceptors (Lipinski definition) is 5. The van der Waals surface area contributed by atoms with E-state index in [2.05, 4.69) is 16.0 Å². The third kappa shape index (κ3) is 7.36. The molecule has 24 heavy (non-hydrogen) atoms. The topological polar surface area (TPSA) is 151 Å². The van der Waals surface area contributed by atoms with Gasteiger partial charge in [-0.2, -0.15) is 0 Å². The minimum Gasteiger partial charge on any atom is -0.480 e. The molecule has 1 rings (SSSR count). The Labute approximate surface area is 138 Å². The fourth-order valence-corrected chi connectivity index (χ4v) is 1.84. The zero-order valence-electron chi connectivity index (χ0n) is 13.0. The van der Waals surface area contributed by atoms with Crippen LogP contribution in [0.15, 0.2) is 30.3 Å². The Kier molecular flexibility index (Phi) is 7.92. The molecule has 0 radical (unpaired) electrons. The van der Waals surface area contributed by atoms with Crippen LogP contribution >= 0.6 is 0 Å². The van der Waals surface area contributed by atoms with Gasteiger partial charge < -0.3 is 26.8 Å². The van der Waals surface area contributed by atoms with E-state index in [1.807, 2.05) is 6.07 Å². The summed E-state index contributed by atoms with van der Waals surface area (Å²) in [5.41, 5.74) is 6.06. The number of carbonyl (C=O) groups excluding carboxylic acids is 3. The standard InChI is InChI=1S/C15H20N4O5/c16-7-12(20)19-11(6-10-4-2-1-3-5-10)15(24)18-8-13(21)17-9-14(22)23/h1-5,11H,6-9,16H2,(H,17,21)(H,18,24)(H,19,20)(H,22,23)/t11-/m0/s1. The number of hydrogen-bond donors (Lipinski definition) is 5. The highest BCUT2D eigenvalue weighted by Crippen LogP contribution is 2.03. The molecule has 0 spiro atoms. The van der Waals surface area contributed by atoms with Gasteiger partial charge in [-0.1, -0.05) is 30.3 Å². The molecule has 6 N–H and O–H groups in total. The summed E-state index contributed by atoms with van der Waals surface area (Å²) in [7, 11) is 0. The molecule has 1 aromatic rings. The van der Waals surface area contributed by atoms with E-state index in [4.69, 9.17) is 10.8 Å². The van der Waals surface area contributed by atoms with Gasteiger partial charge in [0.2, 0.25) is 17.7 Å². The molecule has 0 saturated heterocycles. The summed E-state index contributed by atoms with van der Waals surface area (Å²) in [6.45, 7) is -1.19. The molecule has 0 aromatic heterocycles. The quantitative estimate of drug-likeness (QED) is 0.351. The lowest BCUT2D eigenvalue weighted by Crippen LogP contribution is -2.51. The molecule has 1 atom stereocenters. The van der Waals surface area contributed by atoms with Crippen molar-refractivity contribution in [1.82, 2.24) is 16.0 Å². The zero-order chi connectivity index (χ0) is 17.9. The number of aliphatic carboxylic acids is 1. The third-order valence-corrected chi connectivity index (χ3v) is 2.98. The largest absolute Gasteiger partial charge is 0.480 e. The average Bonchev–Trinajstić information content (AvgIpc) is 2.57. The summed E-state index contributed by atoms with van der Waals surface area (Å²) >= 11 is 0. The van der Waals surface area contributed by atoms with Crippen molar-refractivity contribution in [3.05, 3.63) is 35.9 Å². The highest BCUT2D eigenvalue weighted by Gasteiger charge is 2.21. The second-order valence-electron chi connectivity index (χ2n) is 4.90. The third-order valence-electron chi connectivity index (χ3n) is 2.98. The molecule has 9 heteroatoms. The van der Waals surface area contributed by atoms with Crippen molar-refractivity contribution in [3.63, 3.8) is 0 Å². The van der Waals surface area contributed by atoms with Crippen LogP contribution < -0.4 is 21.7 Å². The molecule has 3 amide bonds. The van der Waals surface area contributed by atoms with E-state index < -0.39 is 42.8 Å². The van der Waals surface area contributed by atoms with Crippen LogP contribution in [0.3, 0.4) is 0 Å². The SMILES string of the molecule is NCC(=O)N[C@@H](Cc1ccccc1)C(=O)NCC(=O)NCC(=O)O. The lowest BCUT2D eigenvalue weighted by Gasteiger charge is -2.18. The first-order valence-corrected chi connectivity index (χ1v) is 7.22. The van der Waals surface area contributed by atoms with E-state index in [-0.39, 0.29) is 13.0 Å². The van der Waals surface area contributed by atoms with Gasteiger partial charge in [0.15, 0.2) is 0 Å². The Balaban J connectivity index is 2.61.